The second-order valence-electron chi connectivity index (χ2n) is 3.85. The first-order valence-electron chi connectivity index (χ1n) is 5.40. The van der Waals surface area contributed by atoms with Gasteiger partial charge in [-0.15, -0.1) is 0 Å². The van der Waals surface area contributed by atoms with Gasteiger partial charge in [0.1, 0.15) is 11.6 Å². The van der Waals surface area contributed by atoms with Crippen LogP contribution in [0.3, 0.4) is 0 Å². The van der Waals surface area contributed by atoms with Gasteiger partial charge in [0.2, 0.25) is 5.88 Å². The van der Waals surface area contributed by atoms with Crippen molar-refractivity contribution in [2.75, 3.05) is 5.73 Å². The smallest absolute Gasteiger partial charge is 0.234 e. The minimum atomic E-state index is -0.511. The van der Waals surface area contributed by atoms with E-state index in [2.05, 4.69) is 4.98 Å². The summed E-state index contributed by atoms with van der Waals surface area (Å²) in [7, 11) is 0. The monoisotopic (exact) mass is 278 g/mol. The third-order valence-corrected chi connectivity index (χ3v) is 2.87. The predicted octanol–water partition coefficient (Wildman–Crippen LogP) is 3.99. The first-order valence-corrected chi connectivity index (χ1v) is 5.78. The van der Waals surface area contributed by atoms with Crippen LogP contribution in [0.15, 0.2) is 41.1 Å². The van der Waals surface area contributed by atoms with Crippen molar-refractivity contribution >= 4 is 28.5 Å². The summed E-state index contributed by atoms with van der Waals surface area (Å²) in [6.07, 6.45) is 3.14. The van der Waals surface area contributed by atoms with E-state index in [1.807, 2.05) is 0 Å². The number of pyridine rings is 1. The molecular formula is C13H8ClFN2O2. The molecule has 0 fully saturated rings. The van der Waals surface area contributed by atoms with Crippen molar-refractivity contribution in [3.63, 3.8) is 0 Å². The highest BCUT2D eigenvalue weighted by Gasteiger charge is 2.14. The van der Waals surface area contributed by atoms with Gasteiger partial charge in [0.15, 0.2) is 11.3 Å². The van der Waals surface area contributed by atoms with E-state index in [0.717, 1.165) is 0 Å². The van der Waals surface area contributed by atoms with Crippen LogP contribution in [0.4, 0.5) is 10.3 Å². The number of nitrogen functional groups attached to an aromatic ring is 1. The normalized spacial score (nSPS) is 10.8. The lowest BCUT2D eigenvalue weighted by Crippen LogP contribution is -1.89. The summed E-state index contributed by atoms with van der Waals surface area (Å²) < 4.78 is 24.0. The van der Waals surface area contributed by atoms with E-state index < -0.39 is 5.82 Å². The second-order valence-corrected chi connectivity index (χ2v) is 4.25. The molecule has 0 aliphatic carbocycles. The number of aromatic nitrogens is 1. The third kappa shape index (κ3) is 2.08. The van der Waals surface area contributed by atoms with Crippen molar-refractivity contribution in [1.29, 1.82) is 0 Å². The maximum atomic E-state index is 13.1. The number of hydrogen-bond donors (Lipinski definition) is 1. The molecular weight excluding hydrogens is 271 g/mol. The molecule has 2 N–H and O–H groups in total. The van der Waals surface area contributed by atoms with E-state index in [-0.39, 0.29) is 10.9 Å². The molecule has 19 heavy (non-hydrogen) atoms. The molecule has 0 aliphatic rings. The minimum absolute atomic E-state index is 0.0226. The second kappa shape index (κ2) is 4.44. The van der Waals surface area contributed by atoms with Gasteiger partial charge in [-0.2, -0.15) is 0 Å². The summed E-state index contributed by atoms with van der Waals surface area (Å²) in [6.45, 7) is 0. The van der Waals surface area contributed by atoms with Crippen LogP contribution in [0.1, 0.15) is 0 Å². The fraction of sp³-hybridized carbons (Fsp3) is 0. The van der Waals surface area contributed by atoms with Gasteiger partial charge in [-0.25, -0.2) is 4.39 Å². The number of anilines is 1. The molecule has 2 aromatic heterocycles. The number of ether oxygens (including phenoxy) is 1. The van der Waals surface area contributed by atoms with Gasteiger partial charge in [-0.05, 0) is 18.2 Å². The predicted molar refractivity (Wildman–Crippen MR) is 69.9 cm³/mol. The standard InChI is InChI=1S/C13H8ClFN2O2/c14-9-5-7(1-2-10(9)15)18-12-8-3-4-17-6-11(8)19-13(12)16/h1-6H,16H2. The number of fused-ring (bicyclic) bond motifs is 1. The van der Waals surface area contributed by atoms with Crippen LogP contribution in [0.5, 0.6) is 11.5 Å². The van der Waals surface area contributed by atoms with Crippen LogP contribution in [0.25, 0.3) is 11.0 Å². The molecule has 1 aromatic carbocycles. The Balaban J connectivity index is 2.05. The fourth-order valence-electron chi connectivity index (χ4n) is 1.71. The molecule has 6 heteroatoms. The Labute approximate surface area is 112 Å². The van der Waals surface area contributed by atoms with E-state index in [0.29, 0.717) is 22.5 Å². The van der Waals surface area contributed by atoms with E-state index in [1.54, 1.807) is 12.3 Å². The summed E-state index contributed by atoms with van der Waals surface area (Å²) in [6, 6.07) is 5.77. The number of rotatable bonds is 2. The average Bonchev–Trinajstić information content (AvgIpc) is 2.71. The molecule has 96 valence electrons. The van der Waals surface area contributed by atoms with E-state index >= 15 is 0 Å². The summed E-state index contributed by atoms with van der Waals surface area (Å²) >= 11 is 5.69. The first kappa shape index (κ1) is 11.8. The molecule has 0 atom stereocenters. The molecule has 0 saturated carbocycles. The van der Waals surface area contributed by atoms with Gasteiger partial charge in [0.25, 0.3) is 0 Å². The SMILES string of the molecule is Nc1oc2cnccc2c1Oc1ccc(F)c(Cl)c1. The van der Waals surface area contributed by atoms with Crippen LogP contribution < -0.4 is 10.5 Å². The van der Waals surface area contributed by atoms with Crippen LogP contribution in [-0.2, 0) is 0 Å². The number of halogens is 2. The number of furan rings is 1. The minimum Gasteiger partial charge on any atom is -0.451 e. The zero-order valence-electron chi connectivity index (χ0n) is 9.56. The number of benzene rings is 1. The Bertz CT molecular complexity index is 757. The molecule has 0 radical (unpaired) electrons. The first-order chi connectivity index (χ1) is 9.15. The Morgan fingerprint density at radius 3 is 2.95 bits per heavy atom. The Morgan fingerprint density at radius 1 is 1.32 bits per heavy atom. The molecule has 0 amide bonds. The molecule has 0 bridgehead atoms. The van der Waals surface area contributed by atoms with Crippen LogP contribution >= 0.6 is 11.6 Å². The quantitative estimate of drug-likeness (QED) is 0.770. The van der Waals surface area contributed by atoms with Gasteiger partial charge >= 0.3 is 0 Å². The van der Waals surface area contributed by atoms with Crippen LogP contribution in [0.2, 0.25) is 5.02 Å². The van der Waals surface area contributed by atoms with Gasteiger partial charge in [-0.3, -0.25) is 4.98 Å². The lowest BCUT2D eigenvalue weighted by Gasteiger charge is -2.05. The third-order valence-electron chi connectivity index (χ3n) is 2.58. The summed E-state index contributed by atoms with van der Waals surface area (Å²) in [5.74, 6) is 0.351. The van der Waals surface area contributed by atoms with Gasteiger partial charge in [0.05, 0.1) is 16.6 Å². The van der Waals surface area contributed by atoms with E-state index in [1.165, 1.54) is 24.4 Å². The highest BCUT2D eigenvalue weighted by Crippen LogP contribution is 2.38. The summed E-state index contributed by atoms with van der Waals surface area (Å²) in [5.41, 5.74) is 6.26. The van der Waals surface area contributed by atoms with Crippen molar-refractivity contribution in [2.45, 2.75) is 0 Å². The van der Waals surface area contributed by atoms with Crippen molar-refractivity contribution < 1.29 is 13.5 Å². The largest absolute Gasteiger partial charge is 0.451 e. The molecule has 0 aliphatic heterocycles. The fourth-order valence-corrected chi connectivity index (χ4v) is 1.88. The van der Waals surface area contributed by atoms with E-state index in [9.17, 15) is 4.39 Å². The van der Waals surface area contributed by atoms with Gasteiger partial charge < -0.3 is 14.9 Å². The lowest BCUT2D eigenvalue weighted by molar-refractivity contribution is 0.477. The zero-order chi connectivity index (χ0) is 13.4. The Hall–Kier alpha value is -2.27. The van der Waals surface area contributed by atoms with Crippen LogP contribution in [-0.4, -0.2) is 4.98 Å². The van der Waals surface area contributed by atoms with Crippen molar-refractivity contribution in [3.05, 3.63) is 47.5 Å². The molecule has 3 rings (SSSR count). The number of nitrogens with zero attached hydrogens (tertiary/aromatic N) is 1. The number of nitrogens with two attached hydrogens (primary N) is 1. The van der Waals surface area contributed by atoms with E-state index in [4.69, 9.17) is 26.5 Å². The molecule has 4 nitrogen and oxygen atoms in total. The molecule has 0 unspecified atom stereocenters. The topological polar surface area (TPSA) is 61.3 Å². The van der Waals surface area contributed by atoms with Gasteiger partial charge in [-0.1, -0.05) is 11.6 Å². The average molecular weight is 279 g/mol. The molecule has 0 saturated heterocycles. The highest BCUT2D eigenvalue weighted by atomic mass is 35.5. The Kier molecular flexibility index (Phi) is 2.76. The maximum Gasteiger partial charge on any atom is 0.234 e. The van der Waals surface area contributed by atoms with Gasteiger partial charge in [0, 0.05) is 12.3 Å². The highest BCUT2D eigenvalue weighted by molar-refractivity contribution is 6.30. The van der Waals surface area contributed by atoms with Crippen molar-refractivity contribution in [1.82, 2.24) is 4.98 Å². The zero-order valence-corrected chi connectivity index (χ0v) is 10.3. The maximum absolute atomic E-state index is 13.1. The Morgan fingerprint density at radius 2 is 2.16 bits per heavy atom. The summed E-state index contributed by atoms with van der Waals surface area (Å²) in [5, 5.41) is 0.665. The molecule has 2 heterocycles. The summed E-state index contributed by atoms with van der Waals surface area (Å²) in [4.78, 5) is 3.92. The lowest BCUT2D eigenvalue weighted by atomic mass is 10.3. The van der Waals surface area contributed by atoms with Crippen molar-refractivity contribution in [3.8, 4) is 11.5 Å². The molecule has 0 spiro atoms. The van der Waals surface area contributed by atoms with Crippen molar-refractivity contribution in [2.24, 2.45) is 0 Å². The van der Waals surface area contributed by atoms with Crippen LogP contribution in [0, 0.1) is 5.82 Å². The molecule has 3 aromatic rings. The number of hydrogen-bond acceptors (Lipinski definition) is 4.